The highest BCUT2D eigenvalue weighted by Crippen LogP contribution is 2.64. The van der Waals surface area contributed by atoms with Crippen molar-refractivity contribution in [3.05, 3.63) is 59.2 Å². The topological polar surface area (TPSA) is 43.8 Å². The molecule has 34 heavy (non-hydrogen) atoms. The van der Waals surface area contributed by atoms with Crippen molar-refractivity contribution >= 4 is 6.09 Å². The molecule has 7 heteroatoms. The van der Waals surface area contributed by atoms with E-state index in [4.69, 9.17) is 0 Å². The number of carboxylic acid groups (broad SMARTS) is 1. The molecule has 180 valence electrons. The number of rotatable bonds is 3. The van der Waals surface area contributed by atoms with Gasteiger partial charge in [-0.05, 0) is 97.3 Å². The van der Waals surface area contributed by atoms with Crippen molar-refractivity contribution in [3.8, 4) is 11.1 Å². The Morgan fingerprint density at radius 3 is 2.41 bits per heavy atom. The summed E-state index contributed by atoms with van der Waals surface area (Å²) in [7, 11) is 0. The molecule has 0 aromatic heterocycles. The maximum absolute atomic E-state index is 13.8. The summed E-state index contributed by atoms with van der Waals surface area (Å²) >= 11 is 0. The lowest BCUT2D eigenvalue weighted by Gasteiger charge is -2.52. The summed E-state index contributed by atoms with van der Waals surface area (Å²) in [6.07, 6.45) is 0.418. The van der Waals surface area contributed by atoms with Gasteiger partial charge in [0.25, 0.3) is 0 Å². The van der Waals surface area contributed by atoms with Crippen LogP contribution < -0.4 is 0 Å². The Hall–Kier alpha value is -2.54. The first kappa shape index (κ1) is 22.0. The van der Waals surface area contributed by atoms with E-state index in [2.05, 4.69) is 4.90 Å². The van der Waals surface area contributed by atoms with Crippen LogP contribution in [0.25, 0.3) is 11.1 Å². The van der Waals surface area contributed by atoms with Crippen molar-refractivity contribution < 1.29 is 23.1 Å². The molecule has 0 radical (unpaired) electrons. The Morgan fingerprint density at radius 1 is 1.06 bits per heavy atom. The first-order valence-electron chi connectivity index (χ1n) is 12.3. The van der Waals surface area contributed by atoms with Crippen LogP contribution in [0.2, 0.25) is 0 Å². The molecular formula is C27H29F3N2O2. The summed E-state index contributed by atoms with van der Waals surface area (Å²) in [5.74, 6) is 0.358. The molecule has 4 fully saturated rings. The van der Waals surface area contributed by atoms with E-state index in [-0.39, 0.29) is 23.1 Å². The van der Waals surface area contributed by atoms with Crippen LogP contribution in [-0.2, 0) is 12.6 Å². The third-order valence-electron chi connectivity index (χ3n) is 8.83. The van der Waals surface area contributed by atoms with E-state index in [0.29, 0.717) is 11.5 Å². The summed E-state index contributed by atoms with van der Waals surface area (Å²) in [5.41, 5.74) is 1.90. The average Bonchev–Trinajstić information content (AvgIpc) is 3.60. The van der Waals surface area contributed by atoms with Gasteiger partial charge in [-0.25, -0.2) is 4.79 Å². The zero-order valence-corrected chi connectivity index (χ0v) is 19.0. The van der Waals surface area contributed by atoms with Gasteiger partial charge in [-0.1, -0.05) is 30.3 Å². The normalized spacial score (nSPS) is 29.0. The maximum Gasteiger partial charge on any atom is 0.417 e. The van der Waals surface area contributed by atoms with Gasteiger partial charge in [0.05, 0.1) is 17.6 Å². The number of alkyl halides is 3. The number of aryl methyl sites for hydroxylation is 1. The fourth-order valence-electron chi connectivity index (χ4n) is 6.90. The molecule has 2 aromatic rings. The van der Waals surface area contributed by atoms with Crippen molar-refractivity contribution in [1.82, 2.24) is 9.80 Å². The van der Waals surface area contributed by atoms with Crippen LogP contribution in [0.5, 0.6) is 0 Å². The number of carbonyl (C=O) groups is 1. The van der Waals surface area contributed by atoms with Crippen molar-refractivity contribution in [3.63, 3.8) is 0 Å². The summed E-state index contributed by atoms with van der Waals surface area (Å²) < 4.78 is 41.3. The van der Waals surface area contributed by atoms with Crippen LogP contribution in [-0.4, -0.2) is 46.7 Å². The molecule has 1 unspecified atom stereocenters. The fourth-order valence-corrected chi connectivity index (χ4v) is 6.90. The van der Waals surface area contributed by atoms with E-state index in [1.165, 1.54) is 12.1 Å². The summed E-state index contributed by atoms with van der Waals surface area (Å²) in [4.78, 5) is 16.9. The molecule has 1 amide bonds. The summed E-state index contributed by atoms with van der Waals surface area (Å²) in [5, 5.41) is 10.5. The maximum atomic E-state index is 13.8. The van der Waals surface area contributed by atoms with E-state index in [1.807, 2.05) is 12.1 Å². The quantitative estimate of drug-likeness (QED) is 0.580. The molecule has 1 N–H and O–H groups in total. The van der Waals surface area contributed by atoms with Gasteiger partial charge < -0.3 is 10.0 Å². The molecule has 2 bridgehead atoms. The van der Waals surface area contributed by atoms with Gasteiger partial charge in [-0.15, -0.1) is 0 Å². The van der Waals surface area contributed by atoms with Crippen LogP contribution in [0.15, 0.2) is 42.5 Å². The number of amides is 1. The minimum atomic E-state index is -4.45. The first-order chi connectivity index (χ1) is 16.3. The molecule has 1 saturated carbocycles. The van der Waals surface area contributed by atoms with Gasteiger partial charge in [-0.3, -0.25) is 4.90 Å². The number of hydrogen-bond acceptors (Lipinski definition) is 2. The van der Waals surface area contributed by atoms with Crippen LogP contribution in [0, 0.1) is 11.3 Å². The van der Waals surface area contributed by atoms with Gasteiger partial charge in [0, 0.05) is 6.54 Å². The van der Waals surface area contributed by atoms with Gasteiger partial charge >= 0.3 is 12.3 Å². The smallest absolute Gasteiger partial charge is 0.417 e. The number of nitrogens with zero attached hydrogens (tertiary/aromatic N) is 2. The highest BCUT2D eigenvalue weighted by atomic mass is 19.4. The summed E-state index contributed by atoms with van der Waals surface area (Å²) in [6, 6.07) is 10.9. The Bertz CT molecular complexity index is 1120. The fraction of sp³-hybridized carbons (Fsp3) is 0.519. The molecule has 4 nitrogen and oxygen atoms in total. The van der Waals surface area contributed by atoms with Crippen LogP contribution in [0.3, 0.4) is 0 Å². The van der Waals surface area contributed by atoms with E-state index in [1.54, 1.807) is 17.0 Å². The molecule has 5 aliphatic rings. The highest BCUT2D eigenvalue weighted by Gasteiger charge is 2.57. The van der Waals surface area contributed by atoms with E-state index >= 15 is 0 Å². The monoisotopic (exact) mass is 470 g/mol. The second-order valence-electron chi connectivity index (χ2n) is 10.6. The highest BCUT2D eigenvalue weighted by molar-refractivity contribution is 5.71. The van der Waals surface area contributed by atoms with Gasteiger partial charge in [0.2, 0.25) is 0 Å². The number of benzene rings is 2. The minimum absolute atomic E-state index is 0.0560. The Balaban J connectivity index is 1.46. The van der Waals surface area contributed by atoms with Crippen LogP contribution >= 0.6 is 0 Å². The predicted octanol–water partition coefficient (Wildman–Crippen LogP) is 6.21. The Labute approximate surface area is 197 Å². The zero-order chi connectivity index (χ0) is 23.7. The Morgan fingerprint density at radius 2 is 1.79 bits per heavy atom. The zero-order valence-electron chi connectivity index (χ0n) is 19.0. The third kappa shape index (κ3) is 3.51. The third-order valence-corrected chi connectivity index (χ3v) is 8.83. The SMILES string of the molecule is O=C(O)N(C1c2cc(-c3ccccc3C(F)(F)F)ccc2CCC12CC2)[C@@H]1CN2CCC1CC2. The lowest BCUT2D eigenvalue weighted by molar-refractivity contribution is -0.137. The van der Waals surface area contributed by atoms with Crippen LogP contribution in [0.1, 0.15) is 54.8 Å². The number of hydrogen-bond donors (Lipinski definition) is 1. The standard InChI is InChI=1S/C27H29F3N2O2/c28-27(29,30)22-4-2-1-3-20(22)19-6-5-17-7-10-26(11-12-26)24(21(17)15-19)32(25(33)34)23-16-31-13-8-18(23)9-14-31/h1-6,15,18,23-24H,7-14,16H2,(H,33,34)/t23-,24?/m1/s1. The van der Waals surface area contributed by atoms with Gasteiger partial charge in [-0.2, -0.15) is 13.2 Å². The van der Waals surface area contributed by atoms with Gasteiger partial charge in [0.15, 0.2) is 0 Å². The molecule has 2 atom stereocenters. The van der Waals surface area contributed by atoms with E-state index in [0.717, 1.165) is 75.4 Å². The minimum Gasteiger partial charge on any atom is -0.465 e. The lowest BCUT2D eigenvalue weighted by Crippen LogP contribution is -2.60. The largest absolute Gasteiger partial charge is 0.465 e. The molecule has 1 spiro atoms. The van der Waals surface area contributed by atoms with E-state index in [9.17, 15) is 23.1 Å². The predicted molar refractivity (Wildman–Crippen MR) is 122 cm³/mol. The second-order valence-corrected chi connectivity index (χ2v) is 10.6. The molecule has 3 heterocycles. The van der Waals surface area contributed by atoms with Crippen molar-refractivity contribution in [2.45, 2.75) is 56.8 Å². The Kier molecular flexibility index (Phi) is 5.00. The molecule has 7 rings (SSSR count). The molecule has 3 saturated heterocycles. The van der Waals surface area contributed by atoms with Crippen molar-refractivity contribution in [2.24, 2.45) is 11.3 Å². The lowest BCUT2D eigenvalue weighted by atomic mass is 9.73. The molecule has 2 aliphatic carbocycles. The van der Waals surface area contributed by atoms with Crippen molar-refractivity contribution in [2.75, 3.05) is 19.6 Å². The molecule has 3 aliphatic heterocycles. The number of piperidine rings is 3. The average molecular weight is 471 g/mol. The van der Waals surface area contributed by atoms with Crippen LogP contribution in [0.4, 0.5) is 18.0 Å². The second kappa shape index (κ2) is 7.74. The summed E-state index contributed by atoms with van der Waals surface area (Å²) in [6.45, 7) is 2.81. The van der Waals surface area contributed by atoms with Crippen molar-refractivity contribution in [1.29, 1.82) is 0 Å². The molecule has 2 aromatic carbocycles. The number of halogens is 3. The first-order valence-corrected chi connectivity index (χ1v) is 12.3. The van der Waals surface area contributed by atoms with Gasteiger partial charge in [0.1, 0.15) is 0 Å². The van der Waals surface area contributed by atoms with E-state index < -0.39 is 17.8 Å². The molecular weight excluding hydrogens is 441 g/mol. The number of fused-ring (bicyclic) bond motifs is 4.